The van der Waals surface area contributed by atoms with E-state index in [4.69, 9.17) is 4.74 Å². The molecule has 0 saturated carbocycles. The lowest BCUT2D eigenvalue weighted by atomic mass is 10.1. The molecule has 1 amide bonds. The molecule has 86 valence electrons. The maximum absolute atomic E-state index is 11.6. The van der Waals surface area contributed by atoms with E-state index in [1.54, 1.807) is 31.4 Å². The molecule has 0 radical (unpaired) electrons. The third-order valence-corrected chi connectivity index (χ3v) is 2.05. The van der Waals surface area contributed by atoms with Crippen molar-refractivity contribution in [3.05, 3.63) is 35.9 Å². The van der Waals surface area contributed by atoms with Crippen LogP contribution in [0.3, 0.4) is 0 Å². The highest BCUT2D eigenvalue weighted by Crippen LogP contribution is 2.02. The summed E-state index contributed by atoms with van der Waals surface area (Å²) in [4.78, 5) is 22.9. The van der Waals surface area contributed by atoms with Crippen molar-refractivity contribution in [1.29, 1.82) is 0 Å². The van der Waals surface area contributed by atoms with Crippen molar-refractivity contribution < 1.29 is 14.3 Å². The zero-order chi connectivity index (χ0) is 11.8. The second-order valence-corrected chi connectivity index (χ2v) is 3.31. The van der Waals surface area contributed by atoms with E-state index in [1.165, 1.54) is 0 Å². The van der Waals surface area contributed by atoms with Gasteiger partial charge < -0.3 is 10.1 Å². The van der Waals surface area contributed by atoms with Crippen LogP contribution in [0.4, 0.5) is 0 Å². The van der Waals surface area contributed by atoms with Crippen molar-refractivity contribution in [1.82, 2.24) is 5.32 Å². The molecule has 1 aromatic rings. The van der Waals surface area contributed by atoms with Crippen LogP contribution in [-0.2, 0) is 9.53 Å². The number of ketones is 1. The van der Waals surface area contributed by atoms with Gasteiger partial charge in [-0.3, -0.25) is 9.59 Å². The molecule has 0 spiro atoms. The van der Waals surface area contributed by atoms with Crippen LogP contribution in [0.25, 0.3) is 0 Å². The number of hydrogen-bond donors (Lipinski definition) is 1. The van der Waals surface area contributed by atoms with Gasteiger partial charge in [0.2, 0.25) is 5.91 Å². The molecule has 0 heterocycles. The zero-order valence-corrected chi connectivity index (χ0v) is 9.23. The van der Waals surface area contributed by atoms with Gasteiger partial charge >= 0.3 is 0 Å². The van der Waals surface area contributed by atoms with Crippen molar-refractivity contribution in [3.63, 3.8) is 0 Å². The van der Waals surface area contributed by atoms with Gasteiger partial charge in [0, 0.05) is 19.2 Å². The number of carbonyl (C=O) groups is 2. The SMILES string of the molecule is COCCNC(=O)CC(=O)c1ccccc1. The van der Waals surface area contributed by atoms with Gasteiger partial charge in [-0.25, -0.2) is 0 Å². The maximum atomic E-state index is 11.6. The monoisotopic (exact) mass is 221 g/mol. The predicted octanol–water partition coefficient (Wildman–Crippen LogP) is 1.02. The lowest BCUT2D eigenvalue weighted by Gasteiger charge is -2.03. The molecule has 16 heavy (non-hydrogen) atoms. The first-order valence-corrected chi connectivity index (χ1v) is 5.08. The summed E-state index contributed by atoms with van der Waals surface area (Å²) >= 11 is 0. The molecule has 1 aromatic carbocycles. The molecule has 0 aromatic heterocycles. The van der Waals surface area contributed by atoms with Crippen LogP contribution in [0.5, 0.6) is 0 Å². The summed E-state index contributed by atoms with van der Waals surface area (Å²) in [6.45, 7) is 0.878. The van der Waals surface area contributed by atoms with Crippen LogP contribution in [0.1, 0.15) is 16.8 Å². The van der Waals surface area contributed by atoms with Gasteiger partial charge in [-0.15, -0.1) is 0 Å². The van der Waals surface area contributed by atoms with Gasteiger partial charge in [0.25, 0.3) is 0 Å². The highest BCUT2D eigenvalue weighted by atomic mass is 16.5. The van der Waals surface area contributed by atoms with Gasteiger partial charge in [0.15, 0.2) is 5.78 Å². The first kappa shape index (κ1) is 12.4. The van der Waals surface area contributed by atoms with Crippen molar-refractivity contribution in [2.45, 2.75) is 6.42 Å². The molecule has 0 bridgehead atoms. The fourth-order valence-corrected chi connectivity index (χ4v) is 1.23. The minimum Gasteiger partial charge on any atom is -0.383 e. The van der Waals surface area contributed by atoms with Crippen molar-refractivity contribution in [2.75, 3.05) is 20.3 Å². The summed E-state index contributed by atoms with van der Waals surface area (Å²) in [5, 5.41) is 2.60. The number of carbonyl (C=O) groups excluding carboxylic acids is 2. The van der Waals surface area contributed by atoms with Crippen LogP contribution in [0.2, 0.25) is 0 Å². The summed E-state index contributed by atoms with van der Waals surface area (Å²) in [5.74, 6) is -0.443. The molecule has 0 aliphatic carbocycles. The first-order valence-electron chi connectivity index (χ1n) is 5.08. The number of benzene rings is 1. The molecule has 0 unspecified atom stereocenters. The Morgan fingerprint density at radius 2 is 1.94 bits per heavy atom. The van der Waals surface area contributed by atoms with Crippen LogP contribution < -0.4 is 5.32 Å². The zero-order valence-electron chi connectivity index (χ0n) is 9.23. The number of rotatable bonds is 6. The summed E-state index contributed by atoms with van der Waals surface area (Å²) in [7, 11) is 1.56. The fraction of sp³-hybridized carbons (Fsp3) is 0.333. The van der Waals surface area contributed by atoms with Crippen molar-refractivity contribution in [2.24, 2.45) is 0 Å². The van der Waals surface area contributed by atoms with Crippen molar-refractivity contribution >= 4 is 11.7 Å². The molecule has 0 saturated heterocycles. The van der Waals surface area contributed by atoms with Gasteiger partial charge in [-0.2, -0.15) is 0 Å². The molecule has 0 aliphatic rings. The minimum absolute atomic E-state index is 0.117. The Bertz CT molecular complexity index is 349. The second kappa shape index (κ2) is 6.74. The first-order chi connectivity index (χ1) is 7.74. The quantitative estimate of drug-likeness (QED) is 0.443. The van der Waals surface area contributed by atoms with Gasteiger partial charge in [-0.1, -0.05) is 30.3 Å². The lowest BCUT2D eigenvalue weighted by molar-refractivity contribution is -0.120. The molecular weight excluding hydrogens is 206 g/mol. The Hall–Kier alpha value is -1.68. The number of Topliss-reactive ketones (excluding diaryl/α,β-unsaturated/α-hetero) is 1. The average Bonchev–Trinajstić information content (AvgIpc) is 2.30. The molecule has 1 N–H and O–H groups in total. The largest absolute Gasteiger partial charge is 0.383 e. The number of amides is 1. The predicted molar refractivity (Wildman–Crippen MR) is 60.3 cm³/mol. The highest BCUT2D eigenvalue weighted by Gasteiger charge is 2.10. The third kappa shape index (κ3) is 4.23. The van der Waals surface area contributed by atoms with Crippen LogP contribution >= 0.6 is 0 Å². The van der Waals surface area contributed by atoms with Crippen LogP contribution in [-0.4, -0.2) is 32.0 Å². The number of ether oxygens (including phenoxy) is 1. The average molecular weight is 221 g/mol. The van der Waals surface area contributed by atoms with E-state index in [9.17, 15) is 9.59 Å². The molecule has 0 atom stereocenters. The Balaban J connectivity index is 2.37. The standard InChI is InChI=1S/C12H15NO3/c1-16-8-7-13-12(15)9-11(14)10-5-3-2-4-6-10/h2-6H,7-9H2,1H3,(H,13,15). The molecule has 1 rings (SSSR count). The van der Waals surface area contributed by atoms with Gasteiger partial charge in [0.05, 0.1) is 13.0 Å². The summed E-state index contributed by atoms with van der Waals surface area (Å²) in [5.41, 5.74) is 0.560. The maximum Gasteiger partial charge on any atom is 0.227 e. The molecule has 0 fully saturated rings. The van der Waals surface area contributed by atoms with E-state index in [1.807, 2.05) is 6.07 Å². The normalized spacial score (nSPS) is 9.81. The van der Waals surface area contributed by atoms with E-state index >= 15 is 0 Å². The summed E-state index contributed by atoms with van der Waals surface area (Å²) in [6, 6.07) is 8.77. The van der Waals surface area contributed by atoms with Crippen LogP contribution in [0, 0.1) is 0 Å². The van der Waals surface area contributed by atoms with Gasteiger partial charge in [-0.05, 0) is 0 Å². The third-order valence-electron chi connectivity index (χ3n) is 2.05. The van der Waals surface area contributed by atoms with Crippen molar-refractivity contribution in [3.8, 4) is 0 Å². The lowest BCUT2D eigenvalue weighted by Crippen LogP contribution is -2.28. The molecular formula is C12H15NO3. The summed E-state index contributed by atoms with van der Waals surface area (Å²) < 4.78 is 4.78. The van der Waals surface area contributed by atoms with E-state index in [0.29, 0.717) is 18.7 Å². The highest BCUT2D eigenvalue weighted by molar-refractivity contribution is 6.07. The molecule has 4 nitrogen and oxygen atoms in total. The fourth-order valence-electron chi connectivity index (χ4n) is 1.23. The minimum atomic E-state index is -0.272. The smallest absolute Gasteiger partial charge is 0.227 e. The Morgan fingerprint density at radius 1 is 1.25 bits per heavy atom. The second-order valence-electron chi connectivity index (χ2n) is 3.31. The number of methoxy groups -OCH3 is 1. The van der Waals surface area contributed by atoms with Crippen LogP contribution in [0.15, 0.2) is 30.3 Å². The number of hydrogen-bond acceptors (Lipinski definition) is 3. The Labute approximate surface area is 94.6 Å². The Morgan fingerprint density at radius 3 is 2.56 bits per heavy atom. The van der Waals surface area contributed by atoms with E-state index in [2.05, 4.69) is 5.32 Å². The number of nitrogens with one attached hydrogen (secondary N) is 1. The summed E-state index contributed by atoms with van der Waals surface area (Å²) in [6.07, 6.45) is -0.117. The Kier molecular flexibility index (Phi) is 5.22. The van der Waals surface area contributed by atoms with Gasteiger partial charge in [0.1, 0.15) is 0 Å². The molecule has 4 heteroatoms. The topological polar surface area (TPSA) is 55.4 Å². The van der Waals surface area contributed by atoms with E-state index < -0.39 is 0 Å². The molecule has 0 aliphatic heterocycles. The van der Waals surface area contributed by atoms with E-state index in [0.717, 1.165) is 0 Å². The van der Waals surface area contributed by atoms with E-state index in [-0.39, 0.29) is 18.1 Å².